The molecule has 1 aliphatic heterocycles. The van der Waals surface area contributed by atoms with E-state index in [9.17, 15) is 0 Å². The quantitative estimate of drug-likeness (QED) is 0.210. The molecule has 2 N–H and O–H groups in total. The highest BCUT2D eigenvalue weighted by Crippen LogP contribution is 2.49. The van der Waals surface area contributed by atoms with E-state index >= 15 is 0 Å². The van der Waals surface area contributed by atoms with Crippen LogP contribution in [0.15, 0.2) is 139 Å². The number of anilines is 3. The van der Waals surface area contributed by atoms with Gasteiger partial charge in [-0.25, -0.2) is 0 Å². The van der Waals surface area contributed by atoms with Gasteiger partial charge in [-0.1, -0.05) is 97.1 Å². The summed E-state index contributed by atoms with van der Waals surface area (Å²) in [6.45, 7) is 0.422. The Balaban J connectivity index is 1.30. The second-order valence-corrected chi connectivity index (χ2v) is 12.2. The topological polar surface area (TPSA) is 54.5 Å². The largest absolute Gasteiger partial charge is 0.397 e. The first-order valence-electron chi connectivity index (χ1n) is 14.7. The highest BCUT2D eigenvalue weighted by atomic mass is 32.1. The van der Waals surface area contributed by atoms with Gasteiger partial charge in [0.05, 0.1) is 33.2 Å². The molecule has 0 bridgehead atoms. The number of hydrogen-bond acceptors (Lipinski definition) is 5. The van der Waals surface area contributed by atoms with Crippen LogP contribution in [0.25, 0.3) is 53.7 Å². The smallest absolute Gasteiger partial charge is 0.115 e. The first-order chi connectivity index (χ1) is 21.7. The molecule has 8 aromatic rings. The monoisotopic (exact) mass is 582 g/mol. The molecular weight excluding hydrogens is 557 g/mol. The maximum absolute atomic E-state index is 6.89. The second kappa shape index (κ2) is 9.76. The maximum atomic E-state index is 6.89. The van der Waals surface area contributed by atoms with Crippen LogP contribution >= 0.6 is 11.3 Å². The number of fused-ring (bicyclic) bond motifs is 5. The van der Waals surface area contributed by atoms with Gasteiger partial charge < -0.3 is 10.6 Å². The van der Waals surface area contributed by atoms with Crippen molar-refractivity contribution in [3.8, 4) is 11.1 Å². The van der Waals surface area contributed by atoms with Gasteiger partial charge in [-0.2, -0.15) is 0 Å². The Morgan fingerprint density at radius 1 is 0.682 bits per heavy atom. The van der Waals surface area contributed by atoms with Gasteiger partial charge in [0.1, 0.15) is 6.67 Å². The van der Waals surface area contributed by atoms with Crippen LogP contribution in [0.4, 0.5) is 17.1 Å². The molecule has 44 heavy (non-hydrogen) atoms. The van der Waals surface area contributed by atoms with Crippen molar-refractivity contribution in [3.63, 3.8) is 0 Å². The molecule has 4 nitrogen and oxygen atoms in total. The van der Waals surface area contributed by atoms with Crippen molar-refractivity contribution in [2.24, 2.45) is 4.99 Å². The lowest BCUT2D eigenvalue weighted by Gasteiger charge is -2.33. The Morgan fingerprint density at radius 2 is 1.41 bits per heavy atom. The summed E-state index contributed by atoms with van der Waals surface area (Å²) >= 11 is 1.69. The summed E-state index contributed by atoms with van der Waals surface area (Å²) in [5.41, 5.74) is 15.2. The minimum Gasteiger partial charge on any atom is -0.397 e. The van der Waals surface area contributed by atoms with E-state index in [-0.39, 0.29) is 0 Å². The molecule has 1 aliphatic rings. The Kier molecular flexibility index (Phi) is 5.55. The molecule has 0 fully saturated rings. The first kappa shape index (κ1) is 25.0. The number of hydrogen-bond donors (Lipinski definition) is 1. The zero-order chi connectivity index (χ0) is 29.2. The predicted octanol–water partition coefficient (Wildman–Crippen LogP) is 9.95. The van der Waals surface area contributed by atoms with Gasteiger partial charge in [0.15, 0.2) is 0 Å². The minimum absolute atomic E-state index is 0.422. The number of pyridine rings is 1. The van der Waals surface area contributed by atoms with E-state index in [0.717, 1.165) is 54.2 Å². The summed E-state index contributed by atoms with van der Waals surface area (Å²) in [5, 5.41) is 7.04. The fourth-order valence-corrected chi connectivity index (χ4v) is 7.82. The van der Waals surface area contributed by atoms with Crippen LogP contribution in [0.1, 0.15) is 10.4 Å². The highest BCUT2D eigenvalue weighted by Gasteiger charge is 2.26. The fourth-order valence-electron chi connectivity index (χ4n) is 6.68. The van der Waals surface area contributed by atoms with E-state index in [1.54, 1.807) is 11.3 Å². The van der Waals surface area contributed by atoms with Crippen molar-refractivity contribution in [1.82, 2.24) is 4.98 Å². The van der Waals surface area contributed by atoms with E-state index in [4.69, 9.17) is 15.7 Å². The number of aliphatic imine (C=N–C) groups is 1. The third-order valence-electron chi connectivity index (χ3n) is 8.73. The molecule has 0 atom stereocenters. The molecule has 9 rings (SSSR count). The lowest BCUT2D eigenvalue weighted by atomic mass is 9.90. The fraction of sp³-hybridized carbons (Fsp3) is 0.0256. The number of nitrogen functional groups attached to an aromatic ring is 1. The standard InChI is InChI=1S/C39H26N4S/c40-36-29-15-3-4-19-34(29)44-39(36)38(30-17-6-13-25-14-8-20-41-37(25)30)42-23-43-32-18-7-12-24-11-5-16-28(35(24)32)31-21-26-9-1-2-10-27(26)22-33(31)43/h1-22H,23,40H2. The zero-order valence-corrected chi connectivity index (χ0v) is 24.6. The van der Waals surface area contributed by atoms with Crippen LogP contribution in [0.3, 0.4) is 0 Å². The molecule has 208 valence electrons. The van der Waals surface area contributed by atoms with Gasteiger partial charge in [-0.05, 0) is 52.1 Å². The normalized spacial score (nSPS) is 12.8. The van der Waals surface area contributed by atoms with Crippen LogP contribution in [0, 0.1) is 0 Å². The number of thiophene rings is 1. The Hall–Kier alpha value is -5.52. The average molecular weight is 583 g/mol. The van der Waals surface area contributed by atoms with Crippen LogP contribution in [0.2, 0.25) is 0 Å². The van der Waals surface area contributed by atoms with Gasteiger partial charge in [0, 0.05) is 38.2 Å². The molecule has 2 aromatic heterocycles. The summed E-state index contributed by atoms with van der Waals surface area (Å²) in [6, 6.07) is 45.0. The summed E-state index contributed by atoms with van der Waals surface area (Å²) in [7, 11) is 0. The van der Waals surface area contributed by atoms with Crippen LogP contribution in [-0.4, -0.2) is 17.4 Å². The second-order valence-electron chi connectivity index (χ2n) is 11.2. The molecule has 3 heterocycles. The number of benzene rings is 6. The molecule has 0 saturated heterocycles. The molecular formula is C39H26N4S. The highest BCUT2D eigenvalue weighted by molar-refractivity contribution is 7.21. The molecule has 0 amide bonds. The van der Waals surface area contributed by atoms with Gasteiger partial charge in [0.2, 0.25) is 0 Å². The molecule has 0 aliphatic carbocycles. The van der Waals surface area contributed by atoms with Crippen LogP contribution < -0.4 is 10.6 Å². The Bertz CT molecular complexity index is 2450. The SMILES string of the molecule is Nc1c(C(=NCN2c3cc4ccccc4cc3-c3cccc4cccc2c34)c2cccc3cccnc23)sc2ccccc12. The van der Waals surface area contributed by atoms with E-state index in [1.165, 1.54) is 32.7 Å². The number of para-hydroxylation sites is 1. The van der Waals surface area contributed by atoms with Crippen molar-refractivity contribution in [1.29, 1.82) is 0 Å². The lowest BCUT2D eigenvalue weighted by molar-refractivity contribution is 0.987. The van der Waals surface area contributed by atoms with Crippen molar-refractivity contribution >= 4 is 76.6 Å². The van der Waals surface area contributed by atoms with E-state index in [2.05, 4.69) is 120 Å². The first-order valence-corrected chi connectivity index (χ1v) is 15.5. The maximum Gasteiger partial charge on any atom is 0.115 e. The summed E-state index contributed by atoms with van der Waals surface area (Å²) in [6.07, 6.45) is 1.85. The van der Waals surface area contributed by atoms with Crippen molar-refractivity contribution in [2.75, 3.05) is 17.3 Å². The van der Waals surface area contributed by atoms with Gasteiger partial charge in [-0.15, -0.1) is 11.3 Å². The number of nitrogens with zero attached hydrogens (tertiary/aromatic N) is 3. The predicted molar refractivity (Wildman–Crippen MR) is 188 cm³/mol. The lowest BCUT2D eigenvalue weighted by Crippen LogP contribution is -2.22. The van der Waals surface area contributed by atoms with E-state index in [0.29, 0.717) is 6.67 Å². The molecule has 5 heteroatoms. The average Bonchev–Trinajstić information content (AvgIpc) is 3.41. The Labute approximate surface area is 258 Å². The Morgan fingerprint density at radius 3 is 2.30 bits per heavy atom. The van der Waals surface area contributed by atoms with Crippen LogP contribution in [0.5, 0.6) is 0 Å². The molecule has 0 unspecified atom stereocenters. The number of aromatic nitrogens is 1. The van der Waals surface area contributed by atoms with Crippen LogP contribution in [-0.2, 0) is 0 Å². The zero-order valence-electron chi connectivity index (χ0n) is 23.7. The van der Waals surface area contributed by atoms with Gasteiger partial charge >= 0.3 is 0 Å². The summed E-state index contributed by atoms with van der Waals surface area (Å²) < 4.78 is 1.15. The number of nitrogens with two attached hydrogens (primary N) is 1. The molecule has 0 spiro atoms. The molecule has 0 radical (unpaired) electrons. The molecule has 6 aromatic carbocycles. The van der Waals surface area contributed by atoms with Crippen molar-refractivity contribution in [2.45, 2.75) is 0 Å². The number of rotatable bonds is 4. The molecule has 0 saturated carbocycles. The van der Waals surface area contributed by atoms with Gasteiger partial charge in [-0.3, -0.25) is 9.98 Å². The van der Waals surface area contributed by atoms with Crippen molar-refractivity contribution < 1.29 is 0 Å². The van der Waals surface area contributed by atoms with Gasteiger partial charge in [0.25, 0.3) is 0 Å². The third kappa shape index (κ3) is 3.76. The summed E-state index contributed by atoms with van der Waals surface area (Å²) in [5.74, 6) is 0. The summed E-state index contributed by atoms with van der Waals surface area (Å²) in [4.78, 5) is 13.6. The van der Waals surface area contributed by atoms with Crippen molar-refractivity contribution in [3.05, 3.63) is 144 Å². The third-order valence-corrected chi connectivity index (χ3v) is 9.92. The minimum atomic E-state index is 0.422. The van der Waals surface area contributed by atoms with E-state index < -0.39 is 0 Å². The van der Waals surface area contributed by atoms with E-state index in [1.807, 2.05) is 18.3 Å².